The molecule has 0 radical (unpaired) electrons. The van der Waals surface area contributed by atoms with Crippen LogP contribution in [0.25, 0.3) is 0 Å². The third-order valence-corrected chi connectivity index (χ3v) is 4.05. The van der Waals surface area contributed by atoms with Crippen LogP contribution >= 0.6 is 11.9 Å². The summed E-state index contributed by atoms with van der Waals surface area (Å²) in [6.07, 6.45) is 2.68. The molecule has 1 heterocycles. The van der Waals surface area contributed by atoms with E-state index >= 15 is 0 Å². The van der Waals surface area contributed by atoms with E-state index in [0.29, 0.717) is 0 Å². The van der Waals surface area contributed by atoms with Crippen LogP contribution in [0.4, 0.5) is 0 Å². The van der Waals surface area contributed by atoms with Crippen molar-refractivity contribution in [1.82, 2.24) is 4.90 Å². The second kappa shape index (κ2) is 6.05. The molecule has 0 N–H and O–H groups in total. The van der Waals surface area contributed by atoms with Gasteiger partial charge in [-0.3, -0.25) is 4.79 Å². The molecular formula is C14H18N2OS. The van der Waals surface area contributed by atoms with Crippen LogP contribution in [0.1, 0.15) is 24.9 Å². The standard InChI is InChI=1S/C14H18N2OS/c1-3-13(11-7-5-4-6-8-11)16(2)14(17)12-9-15-18-10-12/h4-9,12-13H,3,10H2,1-2H3/t12?,13-/m1/s1. The molecule has 18 heavy (non-hydrogen) atoms. The predicted molar refractivity (Wildman–Crippen MR) is 76.7 cm³/mol. The SMILES string of the molecule is CC[C@H](c1ccccc1)N(C)C(=O)C1C=NSC1. The molecule has 0 fully saturated rings. The topological polar surface area (TPSA) is 32.7 Å². The van der Waals surface area contributed by atoms with Crippen molar-refractivity contribution < 1.29 is 4.79 Å². The molecule has 0 saturated carbocycles. The molecule has 0 spiro atoms. The van der Waals surface area contributed by atoms with E-state index in [-0.39, 0.29) is 17.9 Å². The van der Waals surface area contributed by atoms with Gasteiger partial charge in [0.25, 0.3) is 0 Å². The summed E-state index contributed by atoms with van der Waals surface area (Å²) < 4.78 is 4.07. The van der Waals surface area contributed by atoms with Gasteiger partial charge in [0, 0.05) is 19.0 Å². The van der Waals surface area contributed by atoms with Gasteiger partial charge in [-0.1, -0.05) is 37.3 Å². The third kappa shape index (κ3) is 2.75. The van der Waals surface area contributed by atoms with E-state index in [9.17, 15) is 4.79 Å². The molecule has 2 rings (SSSR count). The molecule has 0 aliphatic carbocycles. The summed E-state index contributed by atoms with van der Waals surface area (Å²) in [6, 6.07) is 10.3. The number of hydrogen-bond acceptors (Lipinski definition) is 3. The van der Waals surface area contributed by atoms with Gasteiger partial charge in [-0.2, -0.15) is 0 Å². The monoisotopic (exact) mass is 262 g/mol. The Bertz CT molecular complexity index is 433. The molecule has 1 unspecified atom stereocenters. The molecule has 0 saturated heterocycles. The molecular weight excluding hydrogens is 244 g/mol. The van der Waals surface area contributed by atoms with E-state index in [1.165, 1.54) is 17.5 Å². The zero-order chi connectivity index (χ0) is 13.0. The van der Waals surface area contributed by atoms with Crippen molar-refractivity contribution in [3.05, 3.63) is 35.9 Å². The highest BCUT2D eigenvalue weighted by molar-refractivity contribution is 7.98. The first kappa shape index (κ1) is 13.1. The lowest BCUT2D eigenvalue weighted by Gasteiger charge is -2.29. The van der Waals surface area contributed by atoms with Crippen LogP contribution in [0.15, 0.2) is 34.7 Å². The fourth-order valence-corrected chi connectivity index (χ4v) is 2.95. The third-order valence-electron chi connectivity index (χ3n) is 3.27. The van der Waals surface area contributed by atoms with Crippen molar-refractivity contribution >= 4 is 24.1 Å². The fourth-order valence-electron chi connectivity index (χ4n) is 2.24. The zero-order valence-corrected chi connectivity index (χ0v) is 11.6. The van der Waals surface area contributed by atoms with Crippen molar-refractivity contribution in [3.8, 4) is 0 Å². The van der Waals surface area contributed by atoms with E-state index in [1.807, 2.05) is 30.1 Å². The summed E-state index contributed by atoms with van der Waals surface area (Å²) in [5, 5.41) is 0. The summed E-state index contributed by atoms with van der Waals surface area (Å²) in [6.45, 7) is 2.11. The number of carbonyl (C=O) groups is 1. The molecule has 3 nitrogen and oxygen atoms in total. The van der Waals surface area contributed by atoms with Gasteiger partial charge < -0.3 is 4.90 Å². The largest absolute Gasteiger partial charge is 0.338 e. The quantitative estimate of drug-likeness (QED) is 0.782. The summed E-state index contributed by atoms with van der Waals surface area (Å²) in [4.78, 5) is 14.2. The van der Waals surface area contributed by atoms with Crippen LogP contribution < -0.4 is 0 Å². The van der Waals surface area contributed by atoms with E-state index in [2.05, 4.69) is 23.5 Å². The molecule has 4 heteroatoms. The molecule has 0 aromatic heterocycles. The van der Waals surface area contributed by atoms with Crippen molar-refractivity contribution in [3.63, 3.8) is 0 Å². The molecule has 96 valence electrons. The lowest BCUT2D eigenvalue weighted by molar-refractivity contribution is -0.133. The van der Waals surface area contributed by atoms with Crippen molar-refractivity contribution in [1.29, 1.82) is 0 Å². The minimum atomic E-state index is -0.0576. The van der Waals surface area contributed by atoms with Crippen LogP contribution in [-0.2, 0) is 4.79 Å². The maximum absolute atomic E-state index is 12.3. The van der Waals surface area contributed by atoms with Crippen molar-refractivity contribution in [2.24, 2.45) is 10.3 Å². The van der Waals surface area contributed by atoms with Gasteiger partial charge in [0.1, 0.15) is 0 Å². The molecule has 1 aromatic carbocycles. The van der Waals surface area contributed by atoms with Crippen LogP contribution in [0, 0.1) is 5.92 Å². The Morgan fingerprint density at radius 3 is 2.78 bits per heavy atom. The molecule has 0 bridgehead atoms. The minimum absolute atomic E-state index is 0.0576. The Morgan fingerprint density at radius 2 is 2.22 bits per heavy atom. The Labute approximate surface area is 112 Å². The van der Waals surface area contributed by atoms with Gasteiger partial charge >= 0.3 is 0 Å². The van der Waals surface area contributed by atoms with Gasteiger partial charge in [0.05, 0.1) is 12.0 Å². The second-order valence-electron chi connectivity index (χ2n) is 4.44. The number of carbonyl (C=O) groups excluding carboxylic acids is 1. The maximum atomic E-state index is 12.3. The lowest BCUT2D eigenvalue weighted by Crippen LogP contribution is -2.36. The normalized spacial score (nSPS) is 19.8. The van der Waals surface area contributed by atoms with Crippen LogP contribution in [0.3, 0.4) is 0 Å². The second-order valence-corrected chi connectivity index (χ2v) is 5.24. The van der Waals surface area contributed by atoms with Crippen molar-refractivity contribution in [2.75, 3.05) is 12.8 Å². The summed E-state index contributed by atoms with van der Waals surface area (Å²) in [5.74, 6) is 0.881. The summed E-state index contributed by atoms with van der Waals surface area (Å²) >= 11 is 1.46. The molecule has 1 amide bonds. The first-order valence-corrected chi connectivity index (χ1v) is 7.15. The number of hydrogen-bond donors (Lipinski definition) is 0. The minimum Gasteiger partial charge on any atom is -0.338 e. The van der Waals surface area contributed by atoms with E-state index in [1.54, 1.807) is 6.21 Å². The molecule has 1 aliphatic heterocycles. The summed E-state index contributed by atoms with van der Waals surface area (Å²) in [5.41, 5.74) is 1.19. The van der Waals surface area contributed by atoms with Gasteiger partial charge in [-0.25, -0.2) is 4.40 Å². The highest BCUT2D eigenvalue weighted by Crippen LogP contribution is 2.26. The number of rotatable bonds is 4. The maximum Gasteiger partial charge on any atom is 0.232 e. The molecule has 1 aromatic rings. The van der Waals surface area contributed by atoms with E-state index < -0.39 is 0 Å². The van der Waals surface area contributed by atoms with Crippen LogP contribution in [0.2, 0.25) is 0 Å². The Hall–Kier alpha value is -1.29. The number of amides is 1. The zero-order valence-electron chi connectivity index (χ0n) is 10.7. The summed E-state index contributed by atoms with van der Waals surface area (Å²) in [7, 11) is 1.89. The number of nitrogens with zero attached hydrogens (tertiary/aromatic N) is 2. The highest BCUT2D eigenvalue weighted by Gasteiger charge is 2.27. The van der Waals surface area contributed by atoms with Crippen LogP contribution in [-0.4, -0.2) is 29.8 Å². The first-order chi connectivity index (χ1) is 8.74. The van der Waals surface area contributed by atoms with E-state index in [0.717, 1.165) is 12.2 Å². The Kier molecular flexibility index (Phi) is 4.42. The average molecular weight is 262 g/mol. The van der Waals surface area contributed by atoms with Crippen molar-refractivity contribution in [2.45, 2.75) is 19.4 Å². The Balaban J connectivity index is 2.12. The first-order valence-electron chi connectivity index (χ1n) is 6.21. The predicted octanol–water partition coefficient (Wildman–Crippen LogP) is 2.94. The lowest BCUT2D eigenvalue weighted by atomic mass is 10.0. The Morgan fingerprint density at radius 1 is 1.50 bits per heavy atom. The smallest absolute Gasteiger partial charge is 0.232 e. The van der Waals surface area contributed by atoms with Gasteiger partial charge in [-0.15, -0.1) is 0 Å². The van der Waals surface area contributed by atoms with Gasteiger partial charge in [0.2, 0.25) is 5.91 Å². The fraction of sp³-hybridized carbons (Fsp3) is 0.429. The highest BCUT2D eigenvalue weighted by atomic mass is 32.2. The van der Waals surface area contributed by atoms with Gasteiger partial charge in [-0.05, 0) is 23.9 Å². The van der Waals surface area contributed by atoms with Gasteiger partial charge in [0.15, 0.2) is 0 Å². The average Bonchev–Trinajstić information content (AvgIpc) is 2.94. The van der Waals surface area contributed by atoms with Crippen LogP contribution in [0.5, 0.6) is 0 Å². The molecule has 2 atom stereocenters. The molecule has 1 aliphatic rings. The van der Waals surface area contributed by atoms with E-state index in [4.69, 9.17) is 0 Å². The number of benzene rings is 1.